The van der Waals surface area contributed by atoms with Crippen molar-refractivity contribution in [3.8, 4) is 0 Å². The third-order valence-electron chi connectivity index (χ3n) is 3.87. The molecule has 1 fully saturated rings. The molecule has 1 aromatic heterocycles. The molecule has 0 unspecified atom stereocenters. The topological polar surface area (TPSA) is 70.4 Å². The molecule has 2 heterocycles. The van der Waals surface area contributed by atoms with Crippen molar-refractivity contribution in [1.29, 1.82) is 0 Å². The number of aryl methyl sites for hydroxylation is 1. The lowest BCUT2D eigenvalue weighted by Gasteiger charge is -2.16. The van der Waals surface area contributed by atoms with E-state index in [1.807, 2.05) is 24.9 Å². The number of hydrogen-bond acceptors (Lipinski definition) is 4. The molecule has 1 aliphatic rings. The molecule has 2 atom stereocenters. The number of amides is 1. The minimum atomic E-state index is -0.0390. The maximum Gasteiger partial charge on any atom is 0.217 e. The van der Waals surface area contributed by atoms with Crippen molar-refractivity contribution in [3.63, 3.8) is 0 Å². The predicted molar refractivity (Wildman–Crippen MR) is 71.4 cm³/mol. The highest BCUT2D eigenvalue weighted by molar-refractivity contribution is 5.73. The number of aromatic nitrogens is 2. The zero-order chi connectivity index (χ0) is 14.0. The Balaban J connectivity index is 1.99. The van der Waals surface area contributed by atoms with Gasteiger partial charge in [0.25, 0.3) is 0 Å². The van der Waals surface area contributed by atoms with Crippen LogP contribution in [0.4, 0.5) is 0 Å². The van der Waals surface area contributed by atoms with E-state index in [9.17, 15) is 9.90 Å². The summed E-state index contributed by atoms with van der Waals surface area (Å²) in [5, 5.41) is 16.6. The normalized spacial score (nSPS) is 23.8. The SMILES string of the molecule is CC(=O)N[C@@H]1CN(Cc2cnn(C)c2C)C[C@H]1CO. The smallest absolute Gasteiger partial charge is 0.217 e. The molecule has 1 amide bonds. The van der Waals surface area contributed by atoms with Crippen LogP contribution < -0.4 is 5.32 Å². The molecule has 0 radical (unpaired) electrons. The third kappa shape index (κ3) is 3.13. The van der Waals surface area contributed by atoms with E-state index in [-0.39, 0.29) is 24.5 Å². The average molecular weight is 266 g/mol. The number of likely N-dealkylation sites (tertiary alicyclic amines) is 1. The monoisotopic (exact) mass is 266 g/mol. The minimum Gasteiger partial charge on any atom is -0.396 e. The van der Waals surface area contributed by atoms with Crippen molar-refractivity contribution in [1.82, 2.24) is 20.0 Å². The van der Waals surface area contributed by atoms with Crippen molar-refractivity contribution in [3.05, 3.63) is 17.5 Å². The Bertz CT molecular complexity index is 457. The summed E-state index contributed by atoms with van der Waals surface area (Å²) >= 11 is 0. The summed E-state index contributed by atoms with van der Waals surface area (Å²) in [6.45, 7) is 6.06. The van der Waals surface area contributed by atoms with Gasteiger partial charge in [0.05, 0.1) is 6.20 Å². The first kappa shape index (κ1) is 14.0. The van der Waals surface area contributed by atoms with Gasteiger partial charge in [0.1, 0.15) is 0 Å². The van der Waals surface area contributed by atoms with Gasteiger partial charge < -0.3 is 10.4 Å². The van der Waals surface area contributed by atoms with E-state index in [0.29, 0.717) is 0 Å². The van der Waals surface area contributed by atoms with Crippen LogP contribution in [0.3, 0.4) is 0 Å². The Labute approximate surface area is 113 Å². The molecular formula is C13H22N4O2. The first-order valence-corrected chi connectivity index (χ1v) is 6.59. The van der Waals surface area contributed by atoms with E-state index in [1.54, 1.807) is 0 Å². The van der Waals surface area contributed by atoms with E-state index in [0.717, 1.165) is 25.3 Å². The highest BCUT2D eigenvalue weighted by atomic mass is 16.3. The largest absolute Gasteiger partial charge is 0.396 e. The van der Waals surface area contributed by atoms with E-state index >= 15 is 0 Å². The number of aliphatic hydroxyl groups is 1. The van der Waals surface area contributed by atoms with Crippen LogP contribution in [0, 0.1) is 12.8 Å². The number of rotatable bonds is 4. The second-order valence-electron chi connectivity index (χ2n) is 5.32. The number of hydrogen-bond donors (Lipinski definition) is 2. The van der Waals surface area contributed by atoms with Gasteiger partial charge in [-0.05, 0) is 6.92 Å². The molecule has 1 aromatic rings. The molecule has 0 saturated carbocycles. The molecular weight excluding hydrogens is 244 g/mol. The van der Waals surface area contributed by atoms with Gasteiger partial charge in [-0.3, -0.25) is 14.4 Å². The maximum absolute atomic E-state index is 11.2. The van der Waals surface area contributed by atoms with Gasteiger partial charge in [0.2, 0.25) is 5.91 Å². The van der Waals surface area contributed by atoms with Crippen molar-refractivity contribution in [2.75, 3.05) is 19.7 Å². The van der Waals surface area contributed by atoms with Crippen LogP contribution in [0.25, 0.3) is 0 Å². The van der Waals surface area contributed by atoms with E-state index < -0.39 is 0 Å². The van der Waals surface area contributed by atoms with Crippen LogP contribution in [-0.4, -0.2) is 51.4 Å². The first-order chi connectivity index (χ1) is 9.01. The van der Waals surface area contributed by atoms with Crippen molar-refractivity contribution in [2.24, 2.45) is 13.0 Å². The number of carbonyl (C=O) groups excluding carboxylic acids is 1. The number of aliphatic hydroxyl groups excluding tert-OH is 1. The van der Waals surface area contributed by atoms with Gasteiger partial charge in [-0.1, -0.05) is 0 Å². The predicted octanol–water partition coefficient (Wildman–Crippen LogP) is -0.343. The van der Waals surface area contributed by atoms with Crippen LogP contribution in [0.2, 0.25) is 0 Å². The quantitative estimate of drug-likeness (QED) is 0.782. The molecule has 0 spiro atoms. The van der Waals surface area contributed by atoms with Crippen LogP contribution in [-0.2, 0) is 18.4 Å². The molecule has 19 heavy (non-hydrogen) atoms. The highest BCUT2D eigenvalue weighted by Gasteiger charge is 2.32. The average Bonchev–Trinajstić information content (AvgIpc) is 2.87. The lowest BCUT2D eigenvalue weighted by Crippen LogP contribution is -2.40. The van der Waals surface area contributed by atoms with Crippen LogP contribution in [0.15, 0.2) is 6.20 Å². The molecule has 106 valence electrons. The standard InChI is InChI=1S/C13H22N4O2/c1-9-11(4-14-16(9)3)5-17-6-12(8-18)13(7-17)15-10(2)19/h4,12-13,18H,5-8H2,1-3H3,(H,15,19)/t12-,13+/m0/s1. The number of carbonyl (C=O) groups is 1. The summed E-state index contributed by atoms with van der Waals surface area (Å²) in [6, 6.07) is 0.0412. The van der Waals surface area contributed by atoms with Crippen molar-refractivity contribution in [2.45, 2.75) is 26.4 Å². The second-order valence-corrected chi connectivity index (χ2v) is 5.32. The zero-order valence-corrected chi connectivity index (χ0v) is 11.8. The Kier molecular flexibility index (Phi) is 4.21. The van der Waals surface area contributed by atoms with Gasteiger partial charge in [0, 0.05) is 63.4 Å². The summed E-state index contributed by atoms with van der Waals surface area (Å²) < 4.78 is 1.86. The van der Waals surface area contributed by atoms with Gasteiger partial charge in [-0.2, -0.15) is 5.10 Å². The summed E-state index contributed by atoms with van der Waals surface area (Å²) in [7, 11) is 1.93. The van der Waals surface area contributed by atoms with Crippen molar-refractivity contribution >= 4 is 5.91 Å². The van der Waals surface area contributed by atoms with Crippen molar-refractivity contribution < 1.29 is 9.90 Å². The summed E-state index contributed by atoms with van der Waals surface area (Å²) in [5.41, 5.74) is 2.35. The maximum atomic E-state index is 11.2. The molecule has 0 aliphatic carbocycles. The first-order valence-electron chi connectivity index (χ1n) is 6.59. The fourth-order valence-electron chi connectivity index (χ4n) is 2.64. The lowest BCUT2D eigenvalue weighted by molar-refractivity contribution is -0.119. The number of nitrogens with one attached hydrogen (secondary N) is 1. The van der Waals surface area contributed by atoms with E-state index in [4.69, 9.17) is 0 Å². The molecule has 2 rings (SSSR count). The summed E-state index contributed by atoms with van der Waals surface area (Å²) in [5.74, 6) is 0.0729. The Morgan fingerprint density at radius 1 is 1.58 bits per heavy atom. The highest BCUT2D eigenvalue weighted by Crippen LogP contribution is 2.20. The molecule has 2 N–H and O–H groups in total. The Morgan fingerprint density at radius 3 is 2.84 bits per heavy atom. The molecule has 6 heteroatoms. The fourth-order valence-corrected chi connectivity index (χ4v) is 2.64. The molecule has 0 aromatic carbocycles. The molecule has 1 aliphatic heterocycles. The molecule has 1 saturated heterocycles. The molecule has 6 nitrogen and oxygen atoms in total. The lowest BCUT2D eigenvalue weighted by atomic mass is 10.1. The van der Waals surface area contributed by atoms with Crippen LogP contribution in [0.1, 0.15) is 18.2 Å². The summed E-state index contributed by atoms with van der Waals surface area (Å²) in [4.78, 5) is 13.4. The third-order valence-corrected chi connectivity index (χ3v) is 3.87. The van der Waals surface area contributed by atoms with E-state index in [2.05, 4.69) is 15.3 Å². The zero-order valence-electron chi connectivity index (χ0n) is 11.8. The summed E-state index contributed by atoms with van der Waals surface area (Å²) in [6.07, 6.45) is 1.88. The van der Waals surface area contributed by atoms with Gasteiger partial charge >= 0.3 is 0 Å². The Hall–Kier alpha value is -1.40. The van der Waals surface area contributed by atoms with E-state index in [1.165, 1.54) is 12.5 Å². The molecule has 0 bridgehead atoms. The number of nitrogens with zero attached hydrogens (tertiary/aromatic N) is 3. The minimum absolute atomic E-state index is 0.0390. The fraction of sp³-hybridized carbons (Fsp3) is 0.692. The van der Waals surface area contributed by atoms with Gasteiger partial charge in [-0.25, -0.2) is 0 Å². The van der Waals surface area contributed by atoms with Crippen LogP contribution >= 0.6 is 0 Å². The van der Waals surface area contributed by atoms with Crippen LogP contribution in [0.5, 0.6) is 0 Å². The van der Waals surface area contributed by atoms with Gasteiger partial charge in [0.15, 0.2) is 0 Å². The second kappa shape index (κ2) is 5.71. The van der Waals surface area contributed by atoms with Gasteiger partial charge in [-0.15, -0.1) is 0 Å². The Morgan fingerprint density at radius 2 is 2.32 bits per heavy atom.